The first-order valence-electron chi connectivity index (χ1n) is 10.5. The molecule has 0 saturated heterocycles. The summed E-state index contributed by atoms with van der Waals surface area (Å²) < 4.78 is 6.10. The second-order valence-electron chi connectivity index (χ2n) is 7.67. The Labute approximate surface area is 169 Å². The number of rotatable bonds is 10. The summed E-state index contributed by atoms with van der Waals surface area (Å²) >= 11 is 0. The van der Waals surface area contributed by atoms with Crippen molar-refractivity contribution >= 4 is 17.9 Å². The fourth-order valence-corrected chi connectivity index (χ4v) is 4.05. The molecule has 1 fully saturated rings. The summed E-state index contributed by atoms with van der Waals surface area (Å²) in [7, 11) is 1.62. The van der Waals surface area contributed by atoms with E-state index in [2.05, 4.69) is 35.1 Å². The number of hydrogen-bond donors (Lipinski definition) is 2. The number of carbonyl (C=O) groups excluding carboxylic acids is 1. The number of aldehydes is 1. The van der Waals surface area contributed by atoms with Gasteiger partial charge in [-0.1, -0.05) is 38.2 Å². The van der Waals surface area contributed by atoms with E-state index in [0.29, 0.717) is 12.3 Å². The number of hydrogen-bond acceptors (Lipinski definition) is 4. The third-order valence-electron chi connectivity index (χ3n) is 5.66. The van der Waals surface area contributed by atoms with Crippen LogP contribution in [0.15, 0.2) is 29.3 Å². The molecule has 2 rings (SSSR count). The average Bonchev–Trinajstić information content (AvgIpc) is 2.74. The first-order chi connectivity index (χ1) is 13.6. The van der Waals surface area contributed by atoms with E-state index in [1.165, 1.54) is 19.3 Å². The standard InChI is InChI=1S/C22H36N4O2/c1-4-26(5-2)19-12-9-13-20(14-19)28-17-22(16-27,25-21(23)24-3)15-18-10-7-6-8-11-18/h9,12-14,16,18H,4-8,10-11,15,17H2,1-3H3,(H3,23,24,25). The fourth-order valence-electron chi connectivity index (χ4n) is 4.05. The van der Waals surface area contributed by atoms with Gasteiger partial charge in [-0.2, -0.15) is 0 Å². The quantitative estimate of drug-likeness (QED) is 0.365. The van der Waals surface area contributed by atoms with E-state index < -0.39 is 5.54 Å². The minimum atomic E-state index is -0.864. The van der Waals surface area contributed by atoms with Gasteiger partial charge >= 0.3 is 0 Å². The lowest BCUT2D eigenvalue weighted by Crippen LogP contribution is -2.57. The Balaban J connectivity index is 2.15. The zero-order valence-corrected chi connectivity index (χ0v) is 17.6. The van der Waals surface area contributed by atoms with Gasteiger partial charge in [-0.25, -0.2) is 0 Å². The van der Waals surface area contributed by atoms with E-state index in [1.807, 2.05) is 18.2 Å². The summed E-state index contributed by atoms with van der Waals surface area (Å²) in [5.74, 6) is 1.53. The van der Waals surface area contributed by atoms with Crippen molar-refractivity contribution in [3.05, 3.63) is 24.3 Å². The number of anilines is 1. The molecule has 1 aromatic carbocycles. The monoisotopic (exact) mass is 388 g/mol. The van der Waals surface area contributed by atoms with E-state index in [0.717, 1.165) is 43.7 Å². The number of nitrogens with one attached hydrogen (secondary N) is 1. The van der Waals surface area contributed by atoms with Gasteiger partial charge < -0.3 is 25.5 Å². The lowest BCUT2D eigenvalue weighted by molar-refractivity contribution is -0.114. The first-order valence-corrected chi connectivity index (χ1v) is 10.5. The Bertz CT molecular complexity index is 639. The van der Waals surface area contributed by atoms with Crippen molar-refractivity contribution in [2.75, 3.05) is 31.6 Å². The predicted octanol–water partition coefficient (Wildman–Crippen LogP) is 3.35. The Hall–Kier alpha value is -2.24. The van der Waals surface area contributed by atoms with Gasteiger partial charge in [0.1, 0.15) is 24.2 Å². The lowest BCUT2D eigenvalue weighted by Gasteiger charge is -2.34. The molecule has 3 N–H and O–H groups in total. The van der Waals surface area contributed by atoms with Gasteiger partial charge in [0.05, 0.1) is 0 Å². The van der Waals surface area contributed by atoms with Crippen LogP contribution in [0.5, 0.6) is 5.75 Å². The second-order valence-corrected chi connectivity index (χ2v) is 7.67. The highest BCUT2D eigenvalue weighted by molar-refractivity contribution is 5.83. The average molecular weight is 389 g/mol. The number of guanidine groups is 1. The molecule has 0 aromatic heterocycles. The molecule has 1 aliphatic rings. The minimum Gasteiger partial charge on any atom is -0.491 e. The number of nitrogens with zero attached hydrogens (tertiary/aromatic N) is 2. The minimum absolute atomic E-state index is 0.227. The Kier molecular flexibility index (Phi) is 8.61. The van der Waals surface area contributed by atoms with E-state index in [9.17, 15) is 4.79 Å². The number of carbonyl (C=O) groups is 1. The Morgan fingerprint density at radius 1 is 1.32 bits per heavy atom. The first kappa shape index (κ1) is 22.1. The molecule has 0 aliphatic heterocycles. The molecular formula is C22H36N4O2. The molecule has 1 aromatic rings. The van der Waals surface area contributed by atoms with Gasteiger partial charge in [-0.05, 0) is 38.3 Å². The number of benzene rings is 1. The lowest BCUT2D eigenvalue weighted by atomic mass is 9.80. The molecule has 6 nitrogen and oxygen atoms in total. The van der Waals surface area contributed by atoms with Gasteiger partial charge in [0.15, 0.2) is 5.96 Å². The molecule has 1 aliphatic carbocycles. The number of aliphatic imine (C=N–C) groups is 1. The van der Waals surface area contributed by atoms with Crippen LogP contribution in [0.1, 0.15) is 52.4 Å². The summed E-state index contributed by atoms with van der Waals surface area (Å²) in [4.78, 5) is 18.4. The van der Waals surface area contributed by atoms with Crippen LogP contribution in [-0.4, -0.2) is 44.5 Å². The van der Waals surface area contributed by atoms with Gasteiger partial charge in [-0.3, -0.25) is 4.99 Å². The molecule has 0 radical (unpaired) electrons. The normalized spacial score (nSPS) is 17.6. The summed E-state index contributed by atoms with van der Waals surface area (Å²) in [5.41, 5.74) is 6.18. The van der Waals surface area contributed by atoms with E-state index in [1.54, 1.807) is 7.05 Å². The molecule has 28 heavy (non-hydrogen) atoms. The van der Waals surface area contributed by atoms with E-state index >= 15 is 0 Å². The number of ether oxygens (including phenoxy) is 1. The van der Waals surface area contributed by atoms with Crippen LogP contribution in [0.2, 0.25) is 0 Å². The van der Waals surface area contributed by atoms with Gasteiger partial charge in [0, 0.05) is 31.9 Å². The van der Waals surface area contributed by atoms with Crippen LogP contribution in [0, 0.1) is 5.92 Å². The van der Waals surface area contributed by atoms with Crippen LogP contribution in [0.3, 0.4) is 0 Å². The Morgan fingerprint density at radius 2 is 2.04 bits per heavy atom. The van der Waals surface area contributed by atoms with Crippen LogP contribution in [0.4, 0.5) is 5.69 Å². The summed E-state index contributed by atoms with van der Waals surface area (Å²) in [6, 6.07) is 8.03. The highest BCUT2D eigenvalue weighted by Crippen LogP contribution is 2.31. The van der Waals surface area contributed by atoms with Crippen molar-refractivity contribution in [2.24, 2.45) is 16.6 Å². The van der Waals surface area contributed by atoms with Crippen LogP contribution in [-0.2, 0) is 4.79 Å². The topological polar surface area (TPSA) is 80.0 Å². The zero-order valence-electron chi connectivity index (χ0n) is 17.6. The number of nitrogens with two attached hydrogens (primary N) is 1. The smallest absolute Gasteiger partial charge is 0.189 e. The van der Waals surface area contributed by atoms with Crippen molar-refractivity contribution < 1.29 is 9.53 Å². The van der Waals surface area contributed by atoms with Crippen LogP contribution < -0.4 is 20.7 Å². The maximum Gasteiger partial charge on any atom is 0.189 e. The summed E-state index contributed by atoms with van der Waals surface area (Å²) in [6.07, 6.45) is 7.70. The van der Waals surface area contributed by atoms with Crippen molar-refractivity contribution in [1.29, 1.82) is 0 Å². The van der Waals surface area contributed by atoms with Crippen molar-refractivity contribution in [2.45, 2.75) is 57.9 Å². The molecule has 156 valence electrons. The van der Waals surface area contributed by atoms with Gasteiger partial charge in [0.2, 0.25) is 0 Å². The fraction of sp³-hybridized carbons (Fsp3) is 0.636. The van der Waals surface area contributed by atoms with Gasteiger partial charge in [0.25, 0.3) is 0 Å². The molecule has 0 amide bonds. The molecular weight excluding hydrogens is 352 g/mol. The van der Waals surface area contributed by atoms with Gasteiger partial charge in [-0.15, -0.1) is 0 Å². The maximum atomic E-state index is 12.2. The molecule has 0 heterocycles. The zero-order chi connectivity index (χ0) is 20.4. The van der Waals surface area contributed by atoms with Crippen LogP contribution in [0.25, 0.3) is 0 Å². The van der Waals surface area contributed by atoms with Crippen LogP contribution >= 0.6 is 0 Å². The molecule has 1 atom stereocenters. The second kappa shape index (κ2) is 10.9. The third kappa shape index (κ3) is 6.14. The van der Waals surface area contributed by atoms with E-state index in [4.69, 9.17) is 10.5 Å². The largest absolute Gasteiger partial charge is 0.491 e. The SMILES string of the molecule is CCN(CC)c1cccc(OCC(C=O)(CC2CCCCC2)NC(N)=NC)c1. The van der Waals surface area contributed by atoms with Crippen molar-refractivity contribution in [1.82, 2.24) is 5.32 Å². The Morgan fingerprint density at radius 3 is 2.64 bits per heavy atom. The van der Waals surface area contributed by atoms with E-state index in [-0.39, 0.29) is 12.6 Å². The maximum absolute atomic E-state index is 12.2. The summed E-state index contributed by atoms with van der Waals surface area (Å²) in [5, 5.41) is 3.13. The molecule has 6 heteroatoms. The molecule has 0 bridgehead atoms. The molecule has 1 saturated carbocycles. The molecule has 0 spiro atoms. The molecule has 1 unspecified atom stereocenters. The highest BCUT2D eigenvalue weighted by Gasteiger charge is 2.35. The highest BCUT2D eigenvalue weighted by atomic mass is 16.5. The van der Waals surface area contributed by atoms with Crippen molar-refractivity contribution in [3.8, 4) is 5.75 Å². The third-order valence-corrected chi connectivity index (χ3v) is 5.66. The summed E-state index contributed by atoms with van der Waals surface area (Å²) in [6.45, 7) is 6.37. The van der Waals surface area contributed by atoms with Crippen molar-refractivity contribution in [3.63, 3.8) is 0 Å². The predicted molar refractivity (Wildman–Crippen MR) is 116 cm³/mol.